The third-order valence-corrected chi connectivity index (χ3v) is 7.68. The summed E-state index contributed by atoms with van der Waals surface area (Å²) in [6.07, 6.45) is 0. The predicted molar refractivity (Wildman–Crippen MR) is 159 cm³/mol. The normalized spacial score (nSPS) is 18.4. The molecule has 0 spiro atoms. The van der Waals surface area contributed by atoms with Crippen LogP contribution in [0, 0.1) is 23.2 Å². The average molecular weight is 574 g/mol. The van der Waals surface area contributed by atoms with E-state index in [0.29, 0.717) is 10.1 Å². The molecular formula is C31H28ClN3O4S. The molecule has 4 rings (SSSR count). The zero-order chi connectivity index (χ0) is 28.5. The van der Waals surface area contributed by atoms with E-state index in [2.05, 4.69) is 17.6 Å². The summed E-state index contributed by atoms with van der Waals surface area (Å²) in [6, 6.07) is 28.0. The maximum Gasteiger partial charge on any atom is 0.315 e. The lowest BCUT2D eigenvalue weighted by Crippen LogP contribution is -2.37. The summed E-state index contributed by atoms with van der Waals surface area (Å²) < 4.78 is 10.4. The lowest BCUT2D eigenvalue weighted by Gasteiger charge is -2.34. The fourth-order valence-electron chi connectivity index (χ4n) is 4.55. The second kappa shape index (κ2) is 13.9. The topological polar surface area (TPSA) is 92.0 Å². The van der Waals surface area contributed by atoms with Crippen molar-refractivity contribution in [3.63, 3.8) is 0 Å². The van der Waals surface area contributed by atoms with Crippen molar-refractivity contribution in [3.8, 4) is 6.07 Å². The minimum Gasteiger partial charge on any atom is -0.463 e. The largest absolute Gasteiger partial charge is 0.463 e. The molecule has 204 valence electrons. The van der Waals surface area contributed by atoms with Gasteiger partial charge in [-0.3, -0.25) is 14.5 Å². The highest BCUT2D eigenvalue weighted by molar-refractivity contribution is 8.14. The predicted octanol–water partition coefficient (Wildman–Crippen LogP) is 6.39. The molecule has 3 aromatic carbocycles. The van der Waals surface area contributed by atoms with Crippen molar-refractivity contribution in [2.24, 2.45) is 16.8 Å². The number of amides is 1. The number of nitriles is 1. The summed E-state index contributed by atoms with van der Waals surface area (Å²) in [6.45, 7) is 4.36. The molecule has 1 unspecified atom stereocenters. The van der Waals surface area contributed by atoms with Crippen molar-refractivity contribution in [2.75, 3.05) is 31.0 Å². The number of ether oxygens (including phenoxy) is 2. The Morgan fingerprint density at radius 2 is 1.60 bits per heavy atom. The first kappa shape index (κ1) is 29.1. The molecular weight excluding hydrogens is 546 g/mol. The van der Waals surface area contributed by atoms with Gasteiger partial charge in [-0.05, 0) is 42.0 Å². The summed E-state index contributed by atoms with van der Waals surface area (Å²) in [5, 5.41) is 11.3. The number of hydrogen-bond donors (Lipinski definition) is 0. The van der Waals surface area contributed by atoms with Gasteiger partial charge in [-0.2, -0.15) is 5.26 Å². The fraction of sp³-hybridized carbons (Fsp3) is 0.226. The standard InChI is InChI=1S/C31H28ClN3O4S/c1-21-28(31(37)39-18-17-38-2)29(22-13-15-23(32)16-14-22)26(19-33)30(34-21)40-20-27(36)35(24-9-5-3-6-10-24)25-11-7-4-8-12-25/h3-16,26,28-29H,1,17-18,20H2,2H3/t26?,28-,29-/m0/s1. The molecule has 3 aromatic rings. The summed E-state index contributed by atoms with van der Waals surface area (Å²) in [7, 11) is 1.52. The van der Waals surface area contributed by atoms with Gasteiger partial charge in [-0.15, -0.1) is 0 Å². The van der Waals surface area contributed by atoms with Crippen LogP contribution in [0.25, 0.3) is 0 Å². The Balaban J connectivity index is 1.63. The van der Waals surface area contributed by atoms with E-state index in [0.717, 1.165) is 16.9 Å². The molecule has 0 N–H and O–H groups in total. The summed E-state index contributed by atoms with van der Waals surface area (Å²) in [5.41, 5.74) is 2.44. The Bertz CT molecular complexity index is 1370. The van der Waals surface area contributed by atoms with Crippen molar-refractivity contribution >= 4 is 51.7 Å². The minimum atomic E-state index is -0.882. The van der Waals surface area contributed by atoms with Crippen LogP contribution >= 0.6 is 23.4 Å². The van der Waals surface area contributed by atoms with E-state index in [4.69, 9.17) is 21.1 Å². The molecule has 7 nitrogen and oxygen atoms in total. The molecule has 0 bridgehead atoms. The smallest absolute Gasteiger partial charge is 0.315 e. The maximum atomic E-state index is 13.6. The molecule has 1 heterocycles. The van der Waals surface area contributed by atoms with E-state index in [1.165, 1.54) is 18.9 Å². The Kier molecular flexibility index (Phi) is 10.1. The second-order valence-electron chi connectivity index (χ2n) is 8.95. The van der Waals surface area contributed by atoms with Crippen molar-refractivity contribution in [3.05, 3.63) is 108 Å². The zero-order valence-corrected chi connectivity index (χ0v) is 23.5. The monoisotopic (exact) mass is 573 g/mol. The number of rotatable bonds is 9. The SMILES string of the molecule is C=C1N=C(SCC(=O)N(c2ccccc2)c2ccccc2)C(C#N)[C@H](c2ccc(Cl)cc2)[C@H]1C(=O)OCCOC. The van der Waals surface area contributed by atoms with Crippen molar-refractivity contribution < 1.29 is 19.1 Å². The van der Waals surface area contributed by atoms with E-state index in [-0.39, 0.29) is 30.6 Å². The first-order valence-electron chi connectivity index (χ1n) is 12.6. The molecule has 3 atom stereocenters. The van der Waals surface area contributed by atoms with Gasteiger partial charge >= 0.3 is 5.97 Å². The van der Waals surface area contributed by atoms with E-state index < -0.39 is 23.7 Å². The number of aliphatic imine (C=N–C) groups is 1. The zero-order valence-electron chi connectivity index (χ0n) is 21.9. The average Bonchev–Trinajstić information content (AvgIpc) is 2.97. The van der Waals surface area contributed by atoms with Crippen LogP contribution in [0.3, 0.4) is 0 Å². The first-order chi connectivity index (χ1) is 19.4. The summed E-state index contributed by atoms with van der Waals surface area (Å²) >= 11 is 7.29. The van der Waals surface area contributed by atoms with Crippen LogP contribution in [0.15, 0.2) is 102 Å². The van der Waals surface area contributed by atoms with Crippen LogP contribution in [-0.4, -0.2) is 43.0 Å². The van der Waals surface area contributed by atoms with Gasteiger partial charge in [-0.1, -0.05) is 78.5 Å². The quantitative estimate of drug-likeness (QED) is 0.217. The first-order valence-corrected chi connectivity index (χ1v) is 13.9. The molecule has 0 radical (unpaired) electrons. The number of thioether (sulfide) groups is 1. The fourth-order valence-corrected chi connectivity index (χ4v) is 5.64. The number of hydrogen-bond acceptors (Lipinski definition) is 7. The van der Waals surface area contributed by atoms with E-state index in [1.54, 1.807) is 29.2 Å². The van der Waals surface area contributed by atoms with Crippen LogP contribution in [0.4, 0.5) is 11.4 Å². The van der Waals surface area contributed by atoms with Gasteiger partial charge in [0, 0.05) is 35.1 Å². The minimum absolute atomic E-state index is 0.0182. The lowest BCUT2D eigenvalue weighted by atomic mass is 9.74. The Morgan fingerprint density at radius 1 is 1.00 bits per heavy atom. The summed E-state index contributed by atoms with van der Waals surface area (Å²) in [5.74, 6) is -3.02. The number of nitrogens with zero attached hydrogens (tertiary/aromatic N) is 3. The summed E-state index contributed by atoms with van der Waals surface area (Å²) in [4.78, 5) is 33.0. The molecule has 0 fully saturated rings. The van der Waals surface area contributed by atoms with Gasteiger partial charge in [0.2, 0.25) is 5.91 Å². The molecule has 0 saturated heterocycles. The van der Waals surface area contributed by atoms with Gasteiger partial charge in [-0.25, -0.2) is 4.99 Å². The maximum absolute atomic E-state index is 13.6. The van der Waals surface area contributed by atoms with E-state index in [9.17, 15) is 14.9 Å². The Hall–Kier alpha value is -3.90. The number of carbonyl (C=O) groups excluding carboxylic acids is 2. The number of anilines is 2. The number of benzene rings is 3. The third-order valence-electron chi connectivity index (χ3n) is 6.40. The highest BCUT2D eigenvalue weighted by Crippen LogP contribution is 2.44. The van der Waals surface area contributed by atoms with Gasteiger partial charge in [0.05, 0.1) is 23.5 Å². The molecule has 1 amide bonds. The molecule has 40 heavy (non-hydrogen) atoms. The van der Waals surface area contributed by atoms with Crippen molar-refractivity contribution in [1.82, 2.24) is 0 Å². The number of halogens is 1. The second-order valence-corrected chi connectivity index (χ2v) is 10.4. The van der Waals surface area contributed by atoms with Crippen LogP contribution in [-0.2, 0) is 19.1 Å². The number of para-hydroxylation sites is 2. The lowest BCUT2D eigenvalue weighted by molar-refractivity contribution is -0.149. The number of methoxy groups -OCH3 is 1. The molecule has 1 aliphatic heterocycles. The molecule has 0 aliphatic carbocycles. The van der Waals surface area contributed by atoms with E-state index in [1.807, 2.05) is 60.7 Å². The Labute approximate surface area is 243 Å². The van der Waals surface area contributed by atoms with E-state index >= 15 is 0 Å². The van der Waals surface area contributed by atoms with Gasteiger partial charge < -0.3 is 9.47 Å². The van der Waals surface area contributed by atoms with Crippen LogP contribution < -0.4 is 4.90 Å². The van der Waals surface area contributed by atoms with Crippen molar-refractivity contribution in [2.45, 2.75) is 5.92 Å². The molecule has 1 aliphatic rings. The molecule has 0 saturated carbocycles. The third kappa shape index (κ3) is 6.80. The van der Waals surface area contributed by atoms with Crippen LogP contribution in [0.2, 0.25) is 5.02 Å². The molecule has 9 heteroatoms. The van der Waals surface area contributed by atoms with Gasteiger partial charge in [0.1, 0.15) is 18.4 Å². The van der Waals surface area contributed by atoms with Crippen LogP contribution in [0.1, 0.15) is 11.5 Å². The van der Waals surface area contributed by atoms with Crippen LogP contribution in [0.5, 0.6) is 0 Å². The van der Waals surface area contributed by atoms with Gasteiger partial charge in [0.15, 0.2) is 0 Å². The Morgan fingerprint density at radius 3 is 2.15 bits per heavy atom. The van der Waals surface area contributed by atoms with Gasteiger partial charge in [0.25, 0.3) is 0 Å². The molecule has 0 aromatic heterocycles. The highest BCUT2D eigenvalue weighted by atomic mass is 35.5. The van der Waals surface area contributed by atoms with Crippen molar-refractivity contribution in [1.29, 1.82) is 5.26 Å². The highest BCUT2D eigenvalue weighted by Gasteiger charge is 2.44. The number of carbonyl (C=O) groups is 2. The number of esters is 1.